The molecule has 1 fully saturated rings. The third kappa shape index (κ3) is 4.07. The monoisotopic (exact) mass is 186 g/mol. The Hall–Kier alpha value is -0.120. The van der Waals surface area contributed by atoms with Crippen LogP contribution in [0, 0.1) is 0 Å². The van der Waals surface area contributed by atoms with Gasteiger partial charge in [-0.15, -0.1) is 0 Å². The normalized spacial score (nSPS) is 24.2. The predicted octanol–water partition coefficient (Wildman–Crippen LogP) is 0.789. The number of piperidine rings is 1. The van der Waals surface area contributed by atoms with Crippen molar-refractivity contribution in [1.29, 1.82) is 0 Å². The van der Waals surface area contributed by atoms with Crippen LogP contribution in [0.4, 0.5) is 0 Å². The van der Waals surface area contributed by atoms with E-state index in [4.69, 9.17) is 5.11 Å². The molecule has 3 nitrogen and oxygen atoms in total. The molecule has 0 bridgehead atoms. The highest BCUT2D eigenvalue weighted by molar-refractivity contribution is 4.70. The van der Waals surface area contributed by atoms with Crippen LogP contribution in [0.25, 0.3) is 0 Å². The quantitative estimate of drug-likeness (QED) is 0.681. The van der Waals surface area contributed by atoms with E-state index in [2.05, 4.69) is 17.1 Å². The number of hydrogen-bond acceptors (Lipinski definition) is 3. The zero-order chi connectivity index (χ0) is 9.68. The van der Waals surface area contributed by atoms with Crippen LogP contribution in [0.1, 0.15) is 33.1 Å². The Labute approximate surface area is 81.1 Å². The third-order valence-electron chi connectivity index (χ3n) is 2.65. The van der Waals surface area contributed by atoms with E-state index >= 15 is 0 Å². The second kappa shape index (κ2) is 5.58. The van der Waals surface area contributed by atoms with Crippen LogP contribution in [0.5, 0.6) is 0 Å². The Bertz CT molecular complexity index is 133. The summed E-state index contributed by atoms with van der Waals surface area (Å²) in [7, 11) is 0. The largest absolute Gasteiger partial charge is 0.392 e. The van der Waals surface area contributed by atoms with E-state index in [0.29, 0.717) is 12.7 Å². The number of aliphatic hydroxyl groups excluding tert-OH is 1. The number of nitrogens with zero attached hydrogens (tertiary/aromatic N) is 1. The van der Waals surface area contributed by atoms with Crippen molar-refractivity contribution >= 4 is 0 Å². The van der Waals surface area contributed by atoms with Crippen molar-refractivity contribution in [1.82, 2.24) is 10.2 Å². The first-order valence-corrected chi connectivity index (χ1v) is 5.35. The van der Waals surface area contributed by atoms with Crippen LogP contribution in [-0.2, 0) is 0 Å². The Morgan fingerprint density at radius 3 is 2.38 bits per heavy atom. The first-order chi connectivity index (χ1) is 6.20. The summed E-state index contributed by atoms with van der Waals surface area (Å²) >= 11 is 0. The van der Waals surface area contributed by atoms with Crippen molar-refractivity contribution in [2.75, 3.05) is 19.6 Å². The van der Waals surface area contributed by atoms with Crippen LogP contribution in [0.2, 0.25) is 0 Å². The molecule has 0 saturated carbocycles. The molecule has 0 aromatic carbocycles. The molecule has 1 saturated heterocycles. The molecule has 0 aliphatic carbocycles. The molecule has 2 N–H and O–H groups in total. The summed E-state index contributed by atoms with van der Waals surface area (Å²) in [5.74, 6) is 0. The zero-order valence-corrected chi connectivity index (χ0v) is 8.79. The Morgan fingerprint density at radius 1 is 1.23 bits per heavy atom. The fraction of sp³-hybridized carbons (Fsp3) is 1.00. The number of rotatable bonds is 4. The fourth-order valence-electron chi connectivity index (χ4n) is 1.78. The van der Waals surface area contributed by atoms with Crippen LogP contribution in [-0.4, -0.2) is 41.9 Å². The van der Waals surface area contributed by atoms with Crippen LogP contribution in [0.3, 0.4) is 0 Å². The fourth-order valence-corrected chi connectivity index (χ4v) is 1.78. The summed E-state index contributed by atoms with van der Waals surface area (Å²) in [4.78, 5) is 2.45. The molecule has 3 heteroatoms. The lowest BCUT2D eigenvalue weighted by molar-refractivity contribution is 0.124. The Kier molecular flexibility index (Phi) is 4.70. The van der Waals surface area contributed by atoms with Crippen molar-refractivity contribution in [2.45, 2.75) is 45.4 Å². The summed E-state index contributed by atoms with van der Waals surface area (Å²) in [6.07, 6.45) is 4.18. The van der Waals surface area contributed by atoms with Gasteiger partial charge in [-0.2, -0.15) is 0 Å². The summed E-state index contributed by atoms with van der Waals surface area (Å²) in [5.41, 5.74) is 0. The molecule has 1 aliphatic rings. The van der Waals surface area contributed by atoms with Gasteiger partial charge in [0.05, 0.1) is 12.3 Å². The van der Waals surface area contributed by atoms with Gasteiger partial charge >= 0.3 is 0 Å². The van der Waals surface area contributed by atoms with Crippen LogP contribution >= 0.6 is 0 Å². The molecule has 2 atom stereocenters. The lowest BCUT2D eigenvalue weighted by Crippen LogP contribution is -2.47. The first kappa shape index (κ1) is 11.0. The Balaban J connectivity index is 2.17. The van der Waals surface area contributed by atoms with Gasteiger partial charge in [0.1, 0.15) is 0 Å². The van der Waals surface area contributed by atoms with Gasteiger partial charge in [0, 0.05) is 6.54 Å². The highest BCUT2D eigenvalue weighted by Gasteiger charge is 2.15. The van der Waals surface area contributed by atoms with Gasteiger partial charge in [-0.05, 0) is 39.8 Å². The minimum Gasteiger partial charge on any atom is -0.392 e. The molecular weight excluding hydrogens is 164 g/mol. The number of likely N-dealkylation sites (tertiary alicyclic amines) is 1. The number of hydrogen-bond donors (Lipinski definition) is 2. The van der Waals surface area contributed by atoms with Gasteiger partial charge in [-0.1, -0.05) is 6.42 Å². The average Bonchev–Trinajstić information content (AvgIpc) is 2.15. The molecule has 0 spiro atoms. The molecule has 13 heavy (non-hydrogen) atoms. The maximum atomic E-state index is 9.12. The topological polar surface area (TPSA) is 35.5 Å². The van der Waals surface area contributed by atoms with Crippen molar-refractivity contribution < 1.29 is 5.11 Å². The van der Waals surface area contributed by atoms with E-state index in [0.717, 1.165) is 0 Å². The molecule has 1 heterocycles. The standard InChI is InChI=1S/C10H22N2O/c1-9(13)8-11-10(2)12-6-4-3-5-7-12/h9-11,13H,3-8H2,1-2H3. The van der Waals surface area contributed by atoms with E-state index in [1.54, 1.807) is 0 Å². The predicted molar refractivity (Wildman–Crippen MR) is 54.6 cm³/mol. The number of nitrogens with one attached hydrogen (secondary N) is 1. The molecule has 2 unspecified atom stereocenters. The molecular formula is C10H22N2O. The second-order valence-electron chi connectivity index (χ2n) is 4.03. The van der Waals surface area contributed by atoms with Crippen molar-refractivity contribution in [3.8, 4) is 0 Å². The molecule has 0 radical (unpaired) electrons. The average molecular weight is 186 g/mol. The lowest BCUT2D eigenvalue weighted by atomic mass is 10.1. The van der Waals surface area contributed by atoms with E-state index < -0.39 is 0 Å². The van der Waals surface area contributed by atoms with Gasteiger partial charge in [-0.3, -0.25) is 10.2 Å². The smallest absolute Gasteiger partial charge is 0.0637 e. The molecule has 1 aliphatic heterocycles. The first-order valence-electron chi connectivity index (χ1n) is 5.35. The maximum Gasteiger partial charge on any atom is 0.0637 e. The number of aliphatic hydroxyl groups is 1. The second-order valence-corrected chi connectivity index (χ2v) is 4.03. The molecule has 78 valence electrons. The Morgan fingerprint density at radius 2 is 1.85 bits per heavy atom. The van der Waals surface area contributed by atoms with Crippen molar-refractivity contribution in [2.24, 2.45) is 0 Å². The summed E-state index contributed by atoms with van der Waals surface area (Å²) in [6.45, 7) is 7.09. The molecule has 0 aromatic heterocycles. The van der Waals surface area contributed by atoms with Gasteiger partial charge in [0.2, 0.25) is 0 Å². The van der Waals surface area contributed by atoms with Crippen LogP contribution < -0.4 is 5.32 Å². The molecule has 0 amide bonds. The van der Waals surface area contributed by atoms with E-state index in [1.807, 2.05) is 6.92 Å². The molecule has 1 rings (SSSR count). The van der Waals surface area contributed by atoms with Gasteiger partial charge < -0.3 is 5.11 Å². The van der Waals surface area contributed by atoms with Crippen molar-refractivity contribution in [3.05, 3.63) is 0 Å². The van der Waals surface area contributed by atoms with Crippen LogP contribution in [0.15, 0.2) is 0 Å². The highest BCUT2D eigenvalue weighted by atomic mass is 16.3. The van der Waals surface area contributed by atoms with E-state index in [9.17, 15) is 0 Å². The third-order valence-corrected chi connectivity index (χ3v) is 2.65. The van der Waals surface area contributed by atoms with Gasteiger partial charge in [0.15, 0.2) is 0 Å². The minimum absolute atomic E-state index is 0.243. The lowest BCUT2D eigenvalue weighted by Gasteiger charge is -2.33. The minimum atomic E-state index is -0.243. The van der Waals surface area contributed by atoms with Gasteiger partial charge in [0.25, 0.3) is 0 Å². The van der Waals surface area contributed by atoms with E-state index in [1.165, 1.54) is 32.4 Å². The van der Waals surface area contributed by atoms with Gasteiger partial charge in [-0.25, -0.2) is 0 Å². The SMILES string of the molecule is CC(O)CNC(C)N1CCCCC1. The van der Waals surface area contributed by atoms with E-state index in [-0.39, 0.29) is 6.10 Å². The zero-order valence-electron chi connectivity index (χ0n) is 8.79. The molecule has 0 aromatic rings. The summed E-state index contributed by atoms with van der Waals surface area (Å²) < 4.78 is 0. The highest BCUT2D eigenvalue weighted by Crippen LogP contribution is 2.10. The summed E-state index contributed by atoms with van der Waals surface area (Å²) in [6, 6.07) is 0. The summed E-state index contributed by atoms with van der Waals surface area (Å²) in [5, 5.41) is 12.4. The maximum absolute atomic E-state index is 9.12. The van der Waals surface area contributed by atoms with Crippen molar-refractivity contribution in [3.63, 3.8) is 0 Å².